The molecule has 0 saturated heterocycles. The Kier molecular flexibility index (Phi) is 5.64. The first-order valence-electron chi connectivity index (χ1n) is 11.8. The highest BCUT2D eigenvalue weighted by atomic mass is 32.1. The maximum atomic E-state index is 13.4. The number of aryl methyl sites for hydroxylation is 2. The molecule has 0 aliphatic heterocycles. The number of nitrogens with zero attached hydrogens (tertiary/aromatic N) is 1. The van der Waals surface area contributed by atoms with E-state index >= 15 is 0 Å². The van der Waals surface area contributed by atoms with Crippen LogP contribution in [0.2, 0.25) is 0 Å². The fourth-order valence-electron chi connectivity index (χ4n) is 5.28. The summed E-state index contributed by atoms with van der Waals surface area (Å²) in [4.78, 5) is 23.9. The molecule has 168 valence electrons. The van der Waals surface area contributed by atoms with Crippen LogP contribution in [0, 0.1) is 0 Å². The molecule has 2 aromatic heterocycles. The molecule has 3 aromatic carbocycles. The summed E-state index contributed by atoms with van der Waals surface area (Å²) in [6.07, 6.45) is 5.10. The van der Waals surface area contributed by atoms with E-state index in [9.17, 15) is 4.79 Å². The van der Waals surface area contributed by atoms with Gasteiger partial charge in [-0.05, 0) is 67.6 Å². The Hall–Kier alpha value is -3.07. The third-order valence-corrected chi connectivity index (χ3v) is 12.4. The number of hydrogen-bond acceptors (Lipinski definition) is 3. The first kappa shape index (κ1) is 21.5. The molecule has 0 amide bonds. The Morgan fingerprint density at radius 1 is 0.765 bits per heavy atom. The van der Waals surface area contributed by atoms with Crippen LogP contribution in [-0.4, -0.2) is 9.97 Å². The molecule has 0 atom stereocenters. The molecule has 0 saturated carbocycles. The van der Waals surface area contributed by atoms with E-state index in [1.54, 1.807) is 11.3 Å². The molecule has 34 heavy (non-hydrogen) atoms. The summed E-state index contributed by atoms with van der Waals surface area (Å²) in [7, 11) is -2.11. The van der Waals surface area contributed by atoms with Crippen LogP contribution < -0.4 is 21.5 Å². The number of rotatable bonds is 5. The monoisotopic (exact) mass is 481 g/mol. The number of H-pyrrole nitrogens is 1. The highest BCUT2D eigenvalue weighted by molar-refractivity contribution is 7.95. The predicted octanol–water partition coefficient (Wildman–Crippen LogP) is 5.36. The minimum Gasteiger partial charge on any atom is -0.307 e. The van der Waals surface area contributed by atoms with E-state index in [2.05, 4.69) is 96.0 Å². The van der Waals surface area contributed by atoms with E-state index in [0.717, 1.165) is 35.3 Å². The van der Waals surface area contributed by atoms with Crippen molar-refractivity contribution in [3.63, 3.8) is 0 Å². The Bertz CT molecular complexity index is 1400. The quantitative estimate of drug-likeness (QED) is 0.344. The number of fused-ring (bicyclic) bond motifs is 3. The highest BCUT2D eigenvalue weighted by Crippen LogP contribution is 2.57. The molecule has 0 radical (unpaired) electrons. The lowest BCUT2D eigenvalue weighted by atomic mass is 9.97. The summed E-state index contributed by atoms with van der Waals surface area (Å²) < 4.78 is 0. The Balaban J connectivity index is 1.59. The molecular weight excluding hydrogens is 455 g/mol. The van der Waals surface area contributed by atoms with Crippen molar-refractivity contribution in [2.24, 2.45) is 0 Å². The standard InChI is InChI=1S/C29H25N2OPS/c32-28-27-24-18-10-11-19-25(24)34-29(27)31-26(30-28)20-33(21-12-4-1-5-13-21,22-14-6-2-7-15-22)23-16-8-3-9-17-23/h1-9,12-17H,10-11,18-20H2/p+1. The molecule has 0 unspecified atom stereocenters. The molecule has 1 aliphatic rings. The van der Waals surface area contributed by atoms with Crippen molar-refractivity contribution in [2.45, 2.75) is 31.8 Å². The van der Waals surface area contributed by atoms with Crippen LogP contribution in [0.1, 0.15) is 29.1 Å². The van der Waals surface area contributed by atoms with Gasteiger partial charge in [-0.2, -0.15) is 0 Å². The van der Waals surface area contributed by atoms with Gasteiger partial charge in [-0.15, -0.1) is 11.3 Å². The molecule has 1 N–H and O–H groups in total. The number of benzene rings is 3. The average Bonchev–Trinajstić information content (AvgIpc) is 3.28. The van der Waals surface area contributed by atoms with Crippen LogP contribution in [0.3, 0.4) is 0 Å². The SMILES string of the molecule is O=c1[nH]c(C[P+](c2ccccc2)(c2ccccc2)c2ccccc2)nc2sc3c(c12)CCCC3. The van der Waals surface area contributed by atoms with Crippen molar-refractivity contribution >= 4 is 44.7 Å². The van der Waals surface area contributed by atoms with Crippen molar-refractivity contribution < 1.29 is 0 Å². The normalized spacial score (nSPS) is 13.6. The van der Waals surface area contributed by atoms with Gasteiger partial charge in [0, 0.05) is 4.88 Å². The lowest BCUT2D eigenvalue weighted by Gasteiger charge is -2.27. The predicted molar refractivity (Wildman–Crippen MR) is 146 cm³/mol. The van der Waals surface area contributed by atoms with E-state index in [-0.39, 0.29) is 5.56 Å². The minimum absolute atomic E-state index is 0.0201. The molecular formula is C29H26N2OPS+. The van der Waals surface area contributed by atoms with E-state index in [4.69, 9.17) is 4.98 Å². The number of aromatic amines is 1. The fraction of sp³-hybridized carbons (Fsp3) is 0.172. The van der Waals surface area contributed by atoms with E-state index in [0.29, 0.717) is 6.16 Å². The zero-order chi connectivity index (χ0) is 23.0. The number of aromatic nitrogens is 2. The maximum absolute atomic E-state index is 13.4. The van der Waals surface area contributed by atoms with Gasteiger partial charge < -0.3 is 4.98 Å². The zero-order valence-corrected chi connectivity index (χ0v) is 20.6. The largest absolute Gasteiger partial charge is 0.307 e. The van der Waals surface area contributed by atoms with E-state index in [1.807, 2.05) is 0 Å². The summed E-state index contributed by atoms with van der Waals surface area (Å²) in [6, 6.07) is 32.3. The van der Waals surface area contributed by atoms with Crippen molar-refractivity contribution in [1.82, 2.24) is 9.97 Å². The molecule has 6 rings (SSSR count). The summed E-state index contributed by atoms with van der Waals surface area (Å²) >= 11 is 1.72. The van der Waals surface area contributed by atoms with Crippen LogP contribution in [0.4, 0.5) is 0 Å². The number of nitrogens with one attached hydrogen (secondary N) is 1. The molecule has 1 aliphatic carbocycles. The maximum Gasteiger partial charge on any atom is 0.260 e. The Morgan fingerprint density at radius 2 is 1.29 bits per heavy atom. The lowest BCUT2D eigenvalue weighted by molar-refractivity contribution is 0.700. The van der Waals surface area contributed by atoms with Gasteiger partial charge in [0.15, 0.2) is 0 Å². The summed E-state index contributed by atoms with van der Waals surface area (Å²) in [5.41, 5.74) is 1.26. The van der Waals surface area contributed by atoms with Crippen molar-refractivity contribution in [3.05, 3.63) is 118 Å². The van der Waals surface area contributed by atoms with Crippen molar-refractivity contribution in [2.75, 3.05) is 0 Å². The second-order valence-electron chi connectivity index (χ2n) is 8.88. The van der Waals surface area contributed by atoms with Gasteiger partial charge >= 0.3 is 0 Å². The molecule has 3 nitrogen and oxygen atoms in total. The summed E-state index contributed by atoms with van der Waals surface area (Å²) in [5, 5.41) is 4.70. The summed E-state index contributed by atoms with van der Waals surface area (Å²) in [5.74, 6) is 0.779. The van der Waals surface area contributed by atoms with Crippen LogP contribution in [0.5, 0.6) is 0 Å². The van der Waals surface area contributed by atoms with Gasteiger partial charge in [0.25, 0.3) is 5.56 Å². The van der Waals surface area contributed by atoms with Gasteiger partial charge in [-0.3, -0.25) is 4.79 Å². The van der Waals surface area contributed by atoms with Gasteiger partial charge in [-0.25, -0.2) is 4.98 Å². The summed E-state index contributed by atoms with van der Waals surface area (Å²) in [6.45, 7) is 0. The number of thiophene rings is 1. The van der Waals surface area contributed by atoms with Gasteiger partial charge in [-0.1, -0.05) is 54.6 Å². The van der Waals surface area contributed by atoms with Crippen molar-refractivity contribution in [3.8, 4) is 0 Å². The van der Waals surface area contributed by atoms with Crippen LogP contribution in [0.25, 0.3) is 10.2 Å². The van der Waals surface area contributed by atoms with E-state index in [1.165, 1.54) is 32.8 Å². The highest BCUT2D eigenvalue weighted by Gasteiger charge is 2.46. The molecule has 2 heterocycles. The topological polar surface area (TPSA) is 45.8 Å². The van der Waals surface area contributed by atoms with Crippen LogP contribution >= 0.6 is 18.6 Å². The zero-order valence-electron chi connectivity index (χ0n) is 18.9. The second-order valence-corrected chi connectivity index (χ2v) is 13.4. The second kappa shape index (κ2) is 8.94. The van der Waals surface area contributed by atoms with Crippen molar-refractivity contribution in [1.29, 1.82) is 0 Å². The average molecular weight is 482 g/mol. The van der Waals surface area contributed by atoms with E-state index < -0.39 is 7.26 Å². The third kappa shape index (κ3) is 3.62. The lowest BCUT2D eigenvalue weighted by Crippen LogP contribution is -2.33. The molecule has 0 fully saturated rings. The molecule has 5 heteroatoms. The first-order valence-corrected chi connectivity index (χ1v) is 14.6. The molecule has 0 bridgehead atoms. The van der Waals surface area contributed by atoms with Crippen LogP contribution in [-0.2, 0) is 19.0 Å². The fourth-order valence-corrected chi connectivity index (χ4v) is 10.6. The third-order valence-electron chi connectivity index (χ3n) is 6.85. The van der Waals surface area contributed by atoms with Crippen LogP contribution in [0.15, 0.2) is 95.8 Å². The van der Waals surface area contributed by atoms with Gasteiger partial charge in [0.1, 0.15) is 40.0 Å². The number of hydrogen-bond donors (Lipinski definition) is 1. The van der Waals surface area contributed by atoms with Gasteiger partial charge in [0.05, 0.1) is 5.39 Å². The molecule has 5 aromatic rings. The first-order chi connectivity index (χ1) is 16.8. The Labute approximate surface area is 203 Å². The Morgan fingerprint density at radius 3 is 1.85 bits per heavy atom. The van der Waals surface area contributed by atoms with Gasteiger partial charge in [0.2, 0.25) is 0 Å². The minimum atomic E-state index is -2.11. The molecule has 0 spiro atoms. The smallest absolute Gasteiger partial charge is 0.260 e.